The Bertz CT molecular complexity index is 702. The highest BCUT2D eigenvalue weighted by Crippen LogP contribution is 2.26. The second kappa shape index (κ2) is 4.19. The Morgan fingerprint density at radius 3 is 3.24 bits per heavy atom. The minimum atomic E-state index is 0.631. The molecular formula is C13H11N3S. The fraction of sp³-hybridized carbons (Fsp3) is 0.231. The zero-order valence-electron chi connectivity index (χ0n) is 9.26. The van der Waals surface area contributed by atoms with Gasteiger partial charge in [0.2, 0.25) is 0 Å². The molecule has 0 amide bonds. The van der Waals surface area contributed by atoms with Crippen LogP contribution in [0.4, 0.5) is 0 Å². The number of aromatic nitrogens is 2. The largest absolute Gasteiger partial charge is 0.290 e. The Labute approximate surface area is 103 Å². The van der Waals surface area contributed by atoms with Crippen LogP contribution in [0.15, 0.2) is 30.6 Å². The topological polar surface area (TPSA) is 41.1 Å². The average Bonchev–Trinajstić information content (AvgIpc) is 2.89. The Hall–Kier alpha value is -1.86. The van der Waals surface area contributed by atoms with Gasteiger partial charge in [0.25, 0.3) is 0 Å². The number of unbranched alkanes of at least 4 members (excludes halogenated alkanes) is 1. The standard InChI is InChI=1S/C13H11N3S/c14-6-2-1-3-10-4-5-11-12(9-10)17-13-15-7-8-16(11)13/h4-5,7-9H,1-3H2. The van der Waals surface area contributed by atoms with Gasteiger partial charge in [-0.2, -0.15) is 5.26 Å². The summed E-state index contributed by atoms with van der Waals surface area (Å²) in [7, 11) is 0. The normalized spacial score (nSPS) is 11.0. The molecule has 17 heavy (non-hydrogen) atoms. The van der Waals surface area contributed by atoms with Crippen LogP contribution in [0, 0.1) is 11.3 Å². The molecule has 0 aliphatic heterocycles. The molecule has 0 aliphatic rings. The van der Waals surface area contributed by atoms with Crippen LogP contribution < -0.4 is 0 Å². The number of imidazole rings is 1. The molecule has 0 saturated heterocycles. The van der Waals surface area contributed by atoms with E-state index in [1.807, 2.05) is 12.4 Å². The first-order chi connectivity index (χ1) is 8.38. The van der Waals surface area contributed by atoms with Gasteiger partial charge in [0.05, 0.1) is 16.3 Å². The van der Waals surface area contributed by atoms with Crippen molar-refractivity contribution in [1.82, 2.24) is 9.38 Å². The first kappa shape index (κ1) is 10.3. The third-order valence-corrected chi connectivity index (χ3v) is 3.88. The van der Waals surface area contributed by atoms with Gasteiger partial charge in [0.15, 0.2) is 4.96 Å². The van der Waals surface area contributed by atoms with Crippen LogP contribution >= 0.6 is 11.3 Å². The lowest BCUT2D eigenvalue weighted by molar-refractivity contribution is 0.852. The number of hydrogen-bond donors (Lipinski definition) is 0. The Balaban J connectivity index is 1.98. The van der Waals surface area contributed by atoms with Gasteiger partial charge in [0.1, 0.15) is 0 Å². The van der Waals surface area contributed by atoms with Gasteiger partial charge in [-0.3, -0.25) is 4.40 Å². The van der Waals surface area contributed by atoms with E-state index in [1.54, 1.807) is 11.3 Å². The van der Waals surface area contributed by atoms with E-state index in [0.717, 1.165) is 17.8 Å². The number of aryl methyl sites for hydroxylation is 1. The minimum Gasteiger partial charge on any atom is -0.290 e. The van der Waals surface area contributed by atoms with E-state index in [0.29, 0.717) is 6.42 Å². The summed E-state index contributed by atoms with van der Waals surface area (Å²) in [6.07, 6.45) is 6.36. The molecule has 1 aromatic carbocycles. The summed E-state index contributed by atoms with van der Waals surface area (Å²) in [6.45, 7) is 0. The predicted octanol–water partition coefficient (Wildman–Crippen LogP) is 3.40. The van der Waals surface area contributed by atoms with Crippen molar-refractivity contribution in [3.05, 3.63) is 36.2 Å². The van der Waals surface area contributed by atoms with Gasteiger partial charge in [-0.25, -0.2) is 4.98 Å². The van der Waals surface area contributed by atoms with Gasteiger partial charge in [0, 0.05) is 18.8 Å². The van der Waals surface area contributed by atoms with E-state index >= 15 is 0 Å². The number of nitriles is 1. The fourth-order valence-corrected chi connectivity index (χ4v) is 3.06. The number of hydrogen-bond acceptors (Lipinski definition) is 3. The van der Waals surface area contributed by atoms with Gasteiger partial charge >= 0.3 is 0 Å². The molecule has 0 atom stereocenters. The van der Waals surface area contributed by atoms with Crippen LogP contribution in [-0.2, 0) is 6.42 Å². The molecule has 3 rings (SSSR count). The Morgan fingerprint density at radius 1 is 1.41 bits per heavy atom. The van der Waals surface area contributed by atoms with Gasteiger partial charge in [-0.1, -0.05) is 17.4 Å². The Kier molecular flexibility index (Phi) is 2.54. The van der Waals surface area contributed by atoms with E-state index in [1.165, 1.54) is 15.8 Å². The molecule has 4 heteroatoms. The number of thiazole rings is 1. The van der Waals surface area contributed by atoms with Gasteiger partial charge in [-0.05, 0) is 30.5 Å². The highest BCUT2D eigenvalue weighted by atomic mass is 32.1. The molecule has 3 aromatic rings. The van der Waals surface area contributed by atoms with Crippen LogP contribution in [-0.4, -0.2) is 9.38 Å². The zero-order chi connectivity index (χ0) is 11.7. The lowest BCUT2D eigenvalue weighted by atomic mass is 10.1. The van der Waals surface area contributed by atoms with E-state index < -0.39 is 0 Å². The van der Waals surface area contributed by atoms with E-state index in [-0.39, 0.29) is 0 Å². The molecule has 0 radical (unpaired) electrons. The fourth-order valence-electron chi connectivity index (χ4n) is 2.01. The van der Waals surface area contributed by atoms with Crippen molar-refractivity contribution in [2.24, 2.45) is 0 Å². The maximum atomic E-state index is 8.52. The highest BCUT2D eigenvalue weighted by Gasteiger charge is 2.05. The van der Waals surface area contributed by atoms with Crippen LogP contribution in [0.2, 0.25) is 0 Å². The molecule has 0 fully saturated rings. The lowest BCUT2D eigenvalue weighted by Crippen LogP contribution is -1.85. The molecule has 0 bridgehead atoms. The summed E-state index contributed by atoms with van der Waals surface area (Å²) >= 11 is 1.71. The number of benzene rings is 1. The van der Waals surface area contributed by atoms with Crippen LogP contribution in [0.3, 0.4) is 0 Å². The molecular weight excluding hydrogens is 230 g/mol. The summed E-state index contributed by atoms with van der Waals surface area (Å²) in [4.78, 5) is 5.34. The summed E-state index contributed by atoms with van der Waals surface area (Å²) in [5, 5.41) is 8.52. The smallest absolute Gasteiger partial charge is 0.194 e. The van der Waals surface area contributed by atoms with Crippen LogP contribution in [0.1, 0.15) is 18.4 Å². The van der Waals surface area contributed by atoms with Crippen molar-refractivity contribution >= 4 is 26.5 Å². The molecule has 0 unspecified atom stereocenters. The molecule has 0 aliphatic carbocycles. The van der Waals surface area contributed by atoms with Gasteiger partial charge in [-0.15, -0.1) is 0 Å². The summed E-state index contributed by atoms with van der Waals surface area (Å²) < 4.78 is 3.38. The van der Waals surface area contributed by atoms with Crippen molar-refractivity contribution in [2.45, 2.75) is 19.3 Å². The van der Waals surface area contributed by atoms with Crippen molar-refractivity contribution in [3.8, 4) is 6.07 Å². The molecule has 2 heterocycles. The van der Waals surface area contributed by atoms with Crippen molar-refractivity contribution < 1.29 is 0 Å². The van der Waals surface area contributed by atoms with Crippen molar-refractivity contribution in [3.63, 3.8) is 0 Å². The summed E-state index contributed by atoms with van der Waals surface area (Å²) in [5.74, 6) is 0. The quantitative estimate of drug-likeness (QED) is 0.659. The maximum absolute atomic E-state index is 8.52. The second-order valence-corrected chi connectivity index (χ2v) is 5.00. The SMILES string of the molecule is N#CCCCc1ccc2c(c1)sc1nccn12. The monoisotopic (exact) mass is 241 g/mol. The van der Waals surface area contributed by atoms with Gasteiger partial charge < -0.3 is 0 Å². The second-order valence-electron chi connectivity index (χ2n) is 4.00. The lowest BCUT2D eigenvalue weighted by Gasteiger charge is -1.99. The third kappa shape index (κ3) is 1.79. The molecule has 0 N–H and O–H groups in total. The molecule has 2 aromatic heterocycles. The van der Waals surface area contributed by atoms with Crippen LogP contribution in [0.5, 0.6) is 0 Å². The zero-order valence-corrected chi connectivity index (χ0v) is 10.1. The molecule has 0 saturated carbocycles. The number of nitrogens with zero attached hydrogens (tertiary/aromatic N) is 3. The average molecular weight is 241 g/mol. The molecule has 3 nitrogen and oxygen atoms in total. The first-order valence-electron chi connectivity index (χ1n) is 5.60. The van der Waals surface area contributed by atoms with E-state index in [2.05, 4.69) is 33.7 Å². The highest BCUT2D eigenvalue weighted by molar-refractivity contribution is 7.23. The Morgan fingerprint density at radius 2 is 2.35 bits per heavy atom. The number of rotatable bonds is 3. The maximum Gasteiger partial charge on any atom is 0.194 e. The minimum absolute atomic E-state index is 0.631. The van der Waals surface area contributed by atoms with E-state index in [4.69, 9.17) is 5.26 Å². The predicted molar refractivity (Wildman–Crippen MR) is 69.1 cm³/mol. The molecule has 84 valence electrons. The van der Waals surface area contributed by atoms with Crippen LogP contribution in [0.25, 0.3) is 15.2 Å². The number of fused-ring (bicyclic) bond motifs is 3. The van der Waals surface area contributed by atoms with Crippen molar-refractivity contribution in [1.29, 1.82) is 5.26 Å². The first-order valence-corrected chi connectivity index (χ1v) is 6.41. The summed E-state index contributed by atoms with van der Waals surface area (Å²) in [5.41, 5.74) is 2.52. The van der Waals surface area contributed by atoms with E-state index in [9.17, 15) is 0 Å². The summed E-state index contributed by atoms with van der Waals surface area (Å²) in [6, 6.07) is 8.68. The third-order valence-electron chi connectivity index (χ3n) is 2.85. The van der Waals surface area contributed by atoms with Crippen molar-refractivity contribution in [2.75, 3.05) is 0 Å². The molecule has 0 spiro atoms.